The minimum absolute atomic E-state index is 0. The summed E-state index contributed by atoms with van der Waals surface area (Å²) in [6.07, 6.45) is 1.89. The van der Waals surface area contributed by atoms with Gasteiger partial charge in [0.05, 0.1) is 57.9 Å². The van der Waals surface area contributed by atoms with Gasteiger partial charge in [0.15, 0.2) is 0 Å². The van der Waals surface area contributed by atoms with E-state index >= 15 is 0 Å². The number of carboxylic acids is 1. The monoisotopic (exact) mass is 1460 g/mol. The first kappa shape index (κ1) is 70.4. The van der Waals surface area contributed by atoms with Crippen LogP contribution in [-0.2, 0) is 29.4 Å². The Kier molecular flexibility index (Phi) is 50.8. The third kappa shape index (κ3) is 35.7. The maximum atomic E-state index is 10.6. The summed E-state index contributed by atoms with van der Waals surface area (Å²) in [5.41, 5.74) is 28.4. The van der Waals surface area contributed by atoms with Crippen LogP contribution in [-0.4, -0.2) is 60.2 Å². The predicted octanol–water partition coefficient (Wildman–Crippen LogP) is 13.6. The Morgan fingerprint density at radius 2 is 1.17 bits per heavy atom. The first-order chi connectivity index (χ1) is 22.0. The third-order valence-corrected chi connectivity index (χ3v) is 11.0. The zero-order valence-electron chi connectivity index (χ0n) is 27.9. The second-order valence-corrected chi connectivity index (χ2v) is 17.9. The normalized spacial score (nSPS) is 9.91. The number of alkyl halides is 1. The number of nitrogens with one attached hydrogen (secondary N) is 3. The fourth-order valence-electron chi connectivity index (χ4n) is 3.04. The molecular weight excluding hydrogens is 1410 g/mol. The number of nitrogens with zero attached hydrogens (tertiary/aromatic N) is 5. The molecule has 0 bridgehead atoms. The van der Waals surface area contributed by atoms with Crippen LogP contribution in [0.2, 0.25) is 0 Å². The Morgan fingerprint density at radius 3 is 1.43 bits per heavy atom. The van der Waals surface area contributed by atoms with Gasteiger partial charge in [0.1, 0.15) is 6.04 Å². The van der Waals surface area contributed by atoms with Crippen molar-refractivity contribution >= 4 is 110 Å². The molecule has 0 fully saturated rings. The fraction of sp³-hybridized carbons (Fsp3) is 0.529. The van der Waals surface area contributed by atoms with E-state index in [1.54, 1.807) is 68.9 Å². The molecule has 0 aliphatic heterocycles. The summed E-state index contributed by atoms with van der Waals surface area (Å²) < 4.78 is 2.17. The van der Waals surface area contributed by atoms with Crippen molar-refractivity contribution in [2.45, 2.75) is 113 Å². The largest absolute Gasteiger partial charge is 0.672 e. The van der Waals surface area contributed by atoms with Crippen molar-refractivity contribution in [3.05, 3.63) is 91.2 Å². The topological polar surface area (TPSA) is 161 Å². The SMILES string of the molecule is BrCc1ncsc1Br.C.C.C.C.C.CC(C)([NH-])Cc1cscn1.CC(C)([NH-])Cc1ncsc1Br.CN[C@@H](Cc1cscn1)C(=O)O.Cc1cscn1.[Ac].[Ac]. The summed E-state index contributed by atoms with van der Waals surface area (Å²) in [7, 11) is 1.63. The number of hydrogen-bond acceptors (Lipinski definition) is 12. The number of aryl methyl sites for hydroxylation is 1. The Balaban J connectivity index is -0.000000100. The number of hydrogen-bond donors (Lipinski definition) is 2. The van der Waals surface area contributed by atoms with Gasteiger partial charge >= 0.3 is 5.97 Å². The van der Waals surface area contributed by atoms with Crippen molar-refractivity contribution in [2.75, 3.05) is 7.05 Å². The number of halogens is 3. The molecule has 20 heteroatoms. The molecule has 0 spiro atoms. The molecule has 5 rings (SSSR count). The van der Waals surface area contributed by atoms with E-state index in [0.29, 0.717) is 12.8 Å². The maximum absolute atomic E-state index is 10.6. The quantitative estimate of drug-likeness (QED) is 0.138. The van der Waals surface area contributed by atoms with Crippen molar-refractivity contribution in [3.63, 3.8) is 0 Å². The molecule has 4 N–H and O–H groups in total. The van der Waals surface area contributed by atoms with Crippen LogP contribution in [0.25, 0.3) is 11.5 Å². The molecular formula is C34H59Ac2Br3N8O2S5-2. The van der Waals surface area contributed by atoms with Crippen molar-refractivity contribution in [3.8, 4) is 0 Å². The van der Waals surface area contributed by atoms with Crippen LogP contribution in [0.1, 0.15) is 93.3 Å². The summed E-state index contributed by atoms with van der Waals surface area (Å²) >= 11 is 17.9. The zero-order valence-corrected chi connectivity index (χ0v) is 46.3. The van der Waals surface area contributed by atoms with Crippen LogP contribution in [0.15, 0.2) is 51.3 Å². The minimum Gasteiger partial charge on any atom is -0.672 e. The molecule has 0 aliphatic rings. The summed E-state index contributed by atoms with van der Waals surface area (Å²) in [5, 5.41) is 18.1. The van der Waals surface area contributed by atoms with Crippen LogP contribution in [0, 0.1) is 95.0 Å². The molecule has 0 aliphatic carbocycles. The van der Waals surface area contributed by atoms with Gasteiger partial charge in [-0.1, -0.05) is 80.8 Å². The predicted molar refractivity (Wildman–Crippen MR) is 245 cm³/mol. The second-order valence-electron chi connectivity index (χ2n) is 10.9. The number of carboxylic acid groups (broad SMARTS) is 1. The van der Waals surface area contributed by atoms with E-state index in [4.69, 9.17) is 16.6 Å². The molecule has 0 amide bonds. The summed E-state index contributed by atoms with van der Waals surface area (Å²) in [5.74, 6) is -0.842. The molecule has 0 aromatic carbocycles. The van der Waals surface area contributed by atoms with E-state index in [-0.39, 0.29) is 131 Å². The molecule has 5 aromatic heterocycles. The Bertz CT molecular complexity index is 1500. The number of aromatic nitrogens is 5. The molecule has 0 unspecified atom stereocenters. The minimum atomic E-state index is -0.842. The second kappa shape index (κ2) is 39.0. The van der Waals surface area contributed by atoms with Crippen LogP contribution in [0.5, 0.6) is 0 Å². The number of aliphatic carboxylic acids is 1. The number of rotatable bonds is 9. The first-order valence-corrected chi connectivity index (χ1v) is 21.0. The number of carbonyl (C=O) groups is 1. The molecule has 5 heterocycles. The van der Waals surface area contributed by atoms with Gasteiger partial charge in [0.25, 0.3) is 0 Å². The zero-order chi connectivity index (χ0) is 35.5. The smallest absolute Gasteiger partial charge is 0.321 e. The van der Waals surface area contributed by atoms with Crippen LogP contribution in [0.3, 0.4) is 0 Å². The van der Waals surface area contributed by atoms with E-state index in [1.165, 1.54) is 11.3 Å². The van der Waals surface area contributed by atoms with Crippen LogP contribution in [0.4, 0.5) is 0 Å². The maximum Gasteiger partial charge on any atom is 0.321 e. The van der Waals surface area contributed by atoms with Crippen LogP contribution < -0.4 is 5.32 Å². The van der Waals surface area contributed by atoms with E-state index in [2.05, 4.69) is 78.0 Å². The Morgan fingerprint density at radius 1 is 0.741 bits per heavy atom. The number of thiazole rings is 5. The van der Waals surface area contributed by atoms with Gasteiger partial charge in [-0.05, 0) is 58.7 Å². The average molecular weight is 1470 g/mol. The Hall–Kier alpha value is 1.82. The van der Waals surface area contributed by atoms with Gasteiger partial charge in [-0.25, -0.2) is 19.9 Å². The summed E-state index contributed by atoms with van der Waals surface area (Å²) in [6.45, 7) is 9.55. The molecule has 5 aromatic rings. The Labute approximate surface area is 443 Å². The van der Waals surface area contributed by atoms with Crippen molar-refractivity contribution < 1.29 is 98.0 Å². The van der Waals surface area contributed by atoms with Gasteiger partial charge in [0.2, 0.25) is 0 Å². The van der Waals surface area contributed by atoms with E-state index < -0.39 is 17.6 Å². The van der Waals surface area contributed by atoms with E-state index in [0.717, 1.165) is 47.8 Å². The third-order valence-electron chi connectivity index (χ3n) is 5.12. The standard InChI is InChI=1S/C7H10BrN2S.C7H10N2O2S.C7H11N2S.C4H3Br2NS.C4H5NS.5CH4.2Ac/c1-7(2,9)3-5-6(8)11-4-10-5;1-8-6(7(10)11)2-5-3-12-4-9-5;1-7(2,8)3-6-4-10-5-9-6;5-1-3-4(6)8-2-7-3;1-4-2-6-3-5-4;;;;;;;/h4,9H,3H2,1-2H3;3-4,6,8H,2H2,1H3,(H,10,11);4-5,8H,3H2,1-2H3;2H,1H2;2-3H,1H3;5*1H4;;/q-1;;-1;;;;;;;;;/t;6-;;;;;;;;;;/m.0........../s1. The van der Waals surface area contributed by atoms with Crippen LogP contribution >= 0.6 is 104 Å². The van der Waals surface area contributed by atoms with Gasteiger partial charge < -0.3 is 21.9 Å². The molecule has 0 saturated heterocycles. The summed E-state index contributed by atoms with van der Waals surface area (Å²) in [4.78, 5) is 30.8. The summed E-state index contributed by atoms with van der Waals surface area (Å²) in [6, 6.07) is -0.535. The van der Waals surface area contributed by atoms with E-state index in [9.17, 15) is 4.79 Å². The van der Waals surface area contributed by atoms with Gasteiger partial charge in [-0.2, -0.15) is 0 Å². The van der Waals surface area contributed by atoms with Gasteiger partial charge in [-0.15, -0.1) is 67.8 Å². The van der Waals surface area contributed by atoms with E-state index in [1.807, 2.05) is 61.8 Å². The molecule has 10 nitrogen and oxygen atoms in total. The molecule has 54 heavy (non-hydrogen) atoms. The average Bonchev–Trinajstić information content (AvgIpc) is 3.82. The number of likely N-dealkylation sites (N-methyl/N-ethyl adjacent to an activating group) is 1. The first-order valence-electron chi connectivity index (χ1n) is 13.7. The van der Waals surface area contributed by atoms with Crippen molar-refractivity contribution in [1.82, 2.24) is 30.2 Å². The molecule has 306 valence electrons. The van der Waals surface area contributed by atoms with Gasteiger partial charge in [0, 0.05) is 122 Å². The van der Waals surface area contributed by atoms with Gasteiger partial charge in [-0.3, -0.25) is 9.78 Å². The molecule has 0 saturated carbocycles. The fourth-order valence-corrected chi connectivity index (χ4v) is 7.76. The van der Waals surface area contributed by atoms with Crippen molar-refractivity contribution in [1.29, 1.82) is 0 Å². The molecule has 2 radical (unpaired) electrons. The molecule has 1 atom stereocenters. The van der Waals surface area contributed by atoms with Crippen molar-refractivity contribution in [2.24, 2.45) is 0 Å².